The number of rotatable bonds is 5. The second-order valence-corrected chi connectivity index (χ2v) is 6.60. The van der Waals surface area contributed by atoms with Crippen molar-refractivity contribution in [2.75, 3.05) is 6.54 Å². The predicted molar refractivity (Wildman–Crippen MR) is 93.0 cm³/mol. The van der Waals surface area contributed by atoms with Crippen LogP contribution < -0.4 is 11.1 Å². The Kier molecular flexibility index (Phi) is 5.25. The predicted octanol–water partition coefficient (Wildman–Crippen LogP) is 2.21. The van der Waals surface area contributed by atoms with Crippen LogP contribution in [0.3, 0.4) is 0 Å². The van der Waals surface area contributed by atoms with E-state index in [9.17, 15) is 4.79 Å². The molecule has 0 bridgehead atoms. The minimum absolute atomic E-state index is 0.0160. The Morgan fingerprint density at radius 3 is 2.67 bits per heavy atom. The SMILES string of the molecule is Cc1ccc(-n2cc(C(=O)NC(CN)C3CCCCC3)nn2)cc1. The number of amides is 1. The largest absolute Gasteiger partial charge is 0.346 e. The van der Waals surface area contributed by atoms with Crippen LogP contribution in [0.5, 0.6) is 0 Å². The number of nitrogens with one attached hydrogen (secondary N) is 1. The van der Waals surface area contributed by atoms with Crippen molar-refractivity contribution in [1.82, 2.24) is 20.3 Å². The molecule has 6 heteroatoms. The number of hydrogen-bond donors (Lipinski definition) is 2. The molecule has 3 N–H and O–H groups in total. The van der Waals surface area contributed by atoms with Crippen LogP contribution in [-0.2, 0) is 0 Å². The fraction of sp³-hybridized carbons (Fsp3) is 0.500. The molecule has 1 heterocycles. The fourth-order valence-corrected chi connectivity index (χ4v) is 3.34. The molecule has 24 heavy (non-hydrogen) atoms. The Morgan fingerprint density at radius 2 is 2.00 bits per heavy atom. The van der Waals surface area contributed by atoms with Gasteiger partial charge in [-0.3, -0.25) is 4.79 Å². The van der Waals surface area contributed by atoms with E-state index in [1.807, 2.05) is 31.2 Å². The highest BCUT2D eigenvalue weighted by Gasteiger charge is 2.25. The summed E-state index contributed by atoms with van der Waals surface area (Å²) >= 11 is 0. The summed E-state index contributed by atoms with van der Waals surface area (Å²) in [6.45, 7) is 2.49. The lowest BCUT2D eigenvalue weighted by molar-refractivity contribution is 0.0910. The number of aryl methyl sites for hydroxylation is 1. The third-order valence-corrected chi connectivity index (χ3v) is 4.81. The van der Waals surface area contributed by atoms with Gasteiger partial charge < -0.3 is 11.1 Å². The van der Waals surface area contributed by atoms with E-state index >= 15 is 0 Å². The Balaban J connectivity index is 1.67. The van der Waals surface area contributed by atoms with Crippen LogP contribution in [0.2, 0.25) is 0 Å². The van der Waals surface area contributed by atoms with Crippen LogP contribution in [0, 0.1) is 12.8 Å². The summed E-state index contributed by atoms with van der Waals surface area (Å²) in [6, 6.07) is 7.93. The van der Waals surface area contributed by atoms with Gasteiger partial charge in [-0.05, 0) is 37.8 Å². The molecule has 0 saturated heterocycles. The van der Waals surface area contributed by atoms with Crippen LogP contribution in [0.4, 0.5) is 0 Å². The number of benzene rings is 1. The minimum atomic E-state index is -0.200. The molecule has 1 aliphatic carbocycles. The van der Waals surface area contributed by atoms with Gasteiger partial charge in [0.1, 0.15) is 0 Å². The van der Waals surface area contributed by atoms with E-state index in [0.29, 0.717) is 18.2 Å². The smallest absolute Gasteiger partial charge is 0.273 e. The van der Waals surface area contributed by atoms with E-state index in [2.05, 4.69) is 15.6 Å². The minimum Gasteiger partial charge on any atom is -0.346 e. The van der Waals surface area contributed by atoms with Crippen molar-refractivity contribution < 1.29 is 4.79 Å². The van der Waals surface area contributed by atoms with Gasteiger partial charge >= 0.3 is 0 Å². The van der Waals surface area contributed by atoms with Crippen LogP contribution in [-0.4, -0.2) is 33.5 Å². The molecule has 0 aliphatic heterocycles. The van der Waals surface area contributed by atoms with Crippen molar-refractivity contribution in [1.29, 1.82) is 0 Å². The van der Waals surface area contributed by atoms with E-state index in [-0.39, 0.29) is 11.9 Å². The maximum atomic E-state index is 12.5. The first-order chi connectivity index (χ1) is 11.7. The van der Waals surface area contributed by atoms with Gasteiger partial charge in [0.15, 0.2) is 5.69 Å². The second kappa shape index (κ2) is 7.57. The number of nitrogens with zero attached hydrogens (tertiary/aromatic N) is 3. The van der Waals surface area contributed by atoms with Crippen molar-refractivity contribution in [3.05, 3.63) is 41.7 Å². The number of aromatic nitrogens is 3. The first-order valence-electron chi connectivity index (χ1n) is 8.67. The molecule has 1 unspecified atom stereocenters. The lowest BCUT2D eigenvalue weighted by atomic mass is 9.84. The monoisotopic (exact) mass is 327 g/mol. The molecule has 128 valence electrons. The third kappa shape index (κ3) is 3.82. The van der Waals surface area contributed by atoms with Gasteiger partial charge in [0.05, 0.1) is 11.9 Å². The lowest BCUT2D eigenvalue weighted by Crippen LogP contribution is -2.46. The fourth-order valence-electron chi connectivity index (χ4n) is 3.34. The molecule has 0 radical (unpaired) electrons. The van der Waals surface area contributed by atoms with E-state index in [4.69, 9.17) is 5.73 Å². The van der Waals surface area contributed by atoms with Crippen LogP contribution in [0.15, 0.2) is 30.5 Å². The Bertz CT molecular complexity index is 673. The molecule has 3 rings (SSSR count). The van der Waals surface area contributed by atoms with Gasteiger partial charge in [0, 0.05) is 12.6 Å². The van der Waals surface area contributed by atoms with E-state index in [0.717, 1.165) is 18.5 Å². The summed E-state index contributed by atoms with van der Waals surface area (Å²) in [5.74, 6) is 0.272. The van der Waals surface area contributed by atoms with Crippen LogP contribution >= 0.6 is 0 Å². The first-order valence-corrected chi connectivity index (χ1v) is 8.67. The standard InChI is InChI=1S/C18H25N5O/c1-13-7-9-15(10-8-13)23-12-17(21-22-23)18(24)20-16(11-19)14-5-3-2-4-6-14/h7-10,12,14,16H,2-6,11,19H2,1H3,(H,20,24). The highest BCUT2D eigenvalue weighted by atomic mass is 16.2. The van der Waals surface area contributed by atoms with Crippen LogP contribution in [0.25, 0.3) is 5.69 Å². The van der Waals surface area contributed by atoms with Crippen molar-refractivity contribution in [3.63, 3.8) is 0 Å². The van der Waals surface area contributed by atoms with Gasteiger partial charge in [-0.25, -0.2) is 4.68 Å². The van der Waals surface area contributed by atoms with Gasteiger partial charge in [-0.15, -0.1) is 5.10 Å². The Morgan fingerprint density at radius 1 is 1.29 bits per heavy atom. The average Bonchev–Trinajstić information content (AvgIpc) is 3.11. The maximum absolute atomic E-state index is 12.5. The molecule has 1 aromatic heterocycles. The maximum Gasteiger partial charge on any atom is 0.273 e. The van der Waals surface area contributed by atoms with Crippen molar-refractivity contribution in [2.45, 2.75) is 45.1 Å². The molecule has 1 atom stereocenters. The van der Waals surface area contributed by atoms with E-state index in [1.54, 1.807) is 10.9 Å². The molecule has 6 nitrogen and oxygen atoms in total. The lowest BCUT2D eigenvalue weighted by Gasteiger charge is -2.29. The zero-order valence-corrected chi connectivity index (χ0v) is 14.1. The number of carbonyl (C=O) groups is 1. The molecule has 1 fully saturated rings. The van der Waals surface area contributed by atoms with Crippen molar-refractivity contribution in [3.8, 4) is 5.69 Å². The topological polar surface area (TPSA) is 85.8 Å². The second-order valence-electron chi connectivity index (χ2n) is 6.60. The van der Waals surface area contributed by atoms with Crippen LogP contribution in [0.1, 0.15) is 48.2 Å². The normalized spacial score (nSPS) is 16.8. The third-order valence-electron chi connectivity index (χ3n) is 4.81. The van der Waals surface area contributed by atoms with Gasteiger partial charge in [0.2, 0.25) is 0 Å². The van der Waals surface area contributed by atoms with Crippen molar-refractivity contribution >= 4 is 5.91 Å². The highest BCUT2D eigenvalue weighted by Crippen LogP contribution is 2.26. The molecule has 1 saturated carbocycles. The number of carbonyl (C=O) groups excluding carboxylic acids is 1. The van der Waals surface area contributed by atoms with E-state index < -0.39 is 0 Å². The zero-order chi connectivity index (χ0) is 16.9. The summed E-state index contributed by atoms with van der Waals surface area (Å²) < 4.78 is 1.62. The summed E-state index contributed by atoms with van der Waals surface area (Å²) in [7, 11) is 0. The number of nitrogens with two attached hydrogens (primary N) is 1. The molecular formula is C18H25N5O. The molecule has 1 aliphatic rings. The van der Waals surface area contributed by atoms with Gasteiger partial charge in [-0.1, -0.05) is 42.2 Å². The molecular weight excluding hydrogens is 302 g/mol. The van der Waals surface area contributed by atoms with Gasteiger partial charge in [-0.2, -0.15) is 0 Å². The molecule has 1 aromatic carbocycles. The summed E-state index contributed by atoms with van der Waals surface area (Å²) in [5, 5.41) is 11.1. The quantitative estimate of drug-likeness (QED) is 0.881. The average molecular weight is 327 g/mol. The Hall–Kier alpha value is -2.21. The molecule has 2 aromatic rings. The van der Waals surface area contributed by atoms with E-state index in [1.165, 1.54) is 24.8 Å². The highest BCUT2D eigenvalue weighted by molar-refractivity contribution is 5.92. The number of hydrogen-bond acceptors (Lipinski definition) is 4. The zero-order valence-electron chi connectivity index (χ0n) is 14.1. The Labute approximate surface area is 142 Å². The molecule has 1 amide bonds. The first kappa shape index (κ1) is 16.6. The summed E-state index contributed by atoms with van der Waals surface area (Å²) in [6.07, 6.45) is 7.67. The summed E-state index contributed by atoms with van der Waals surface area (Å²) in [5.41, 5.74) is 8.27. The summed E-state index contributed by atoms with van der Waals surface area (Å²) in [4.78, 5) is 12.5. The molecule has 0 spiro atoms. The van der Waals surface area contributed by atoms with Crippen molar-refractivity contribution in [2.24, 2.45) is 11.7 Å². The van der Waals surface area contributed by atoms with Gasteiger partial charge in [0.25, 0.3) is 5.91 Å².